The highest BCUT2D eigenvalue weighted by Gasteiger charge is 2.49. The standard InChI is InChI=1S/C11H10ClF4NO2/c1-2-19-10(18)11(15,16)9(17)7-5(13)3-4-6(14)8(7)12/h3-4,9H,2,17H2,1H3/t9-/m1/s1. The predicted molar refractivity (Wildman–Crippen MR) is 59.9 cm³/mol. The van der Waals surface area contributed by atoms with E-state index in [1.165, 1.54) is 6.92 Å². The van der Waals surface area contributed by atoms with Gasteiger partial charge in [0.05, 0.1) is 11.6 Å². The van der Waals surface area contributed by atoms with Crippen molar-refractivity contribution in [2.45, 2.75) is 18.9 Å². The van der Waals surface area contributed by atoms with Gasteiger partial charge in [-0.15, -0.1) is 0 Å². The van der Waals surface area contributed by atoms with Gasteiger partial charge in [0.25, 0.3) is 0 Å². The first-order chi connectivity index (χ1) is 8.73. The third kappa shape index (κ3) is 2.98. The van der Waals surface area contributed by atoms with Gasteiger partial charge in [-0.05, 0) is 19.1 Å². The number of hydrogen-bond donors (Lipinski definition) is 1. The minimum absolute atomic E-state index is 0.305. The molecule has 0 radical (unpaired) electrons. The summed E-state index contributed by atoms with van der Waals surface area (Å²) in [5.74, 6) is -8.51. The fourth-order valence-corrected chi connectivity index (χ4v) is 1.63. The highest BCUT2D eigenvalue weighted by atomic mass is 35.5. The van der Waals surface area contributed by atoms with Crippen molar-refractivity contribution >= 4 is 17.6 Å². The molecule has 0 aromatic heterocycles. The average Bonchev–Trinajstić information content (AvgIpc) is 2.34. The lowest BCUT2D eigenvalue weighted by atomic mass is 10.0. The zero-order valence-electron chi connectivity index (χ0n) is 9.72. The molecule has 0 aliphatic rings. The molecule has 0 amide bonds. The Kier molecular flexibility index (Phi) is 4.75. The molecule has 0 unspecified atom stereocenters. The molecule has 0 bridgehead atoms. The fraction of sp³-hybridized carbons (Fsp3) is 0.364. The van der Waals surface area contributed by atoms with Crippen molar-refractivity contribution in [2.24, 2.45) is 5.73 Å². The number of nitrogens with two attached hydrogens (primary N) is 1. The summed E-state index contributed by atoms with van der Waals surface area (Å²) in [5.41, 5.74) is 4.16. The summed E-state index contributed by atoms with van der Waals surface area (Å²) >= 11 is 5.40. The maximum atomic E-state index is 13.6. The van der Waals surface area contributed by atoms with Gasteiger partial charge >= 0.3 is 11.9 Å². The van der Waals surface area contributed by atoms with Crippen LogP contribution in [0.4, 0.5) is 17.6 Å². The summed E-state index contributed by atoms with van der Waals surface area (Å²) in [6.07, 6.45) is 0. The molecule has 1 atom stereocenters. The quantitative estimate of drug-likeness (QED) is 0.528. The van der Waals surface area contributed by atoms with E-state index in [-0.39, 0.29) is 6.61 Å². The molecule has 8 heteroatoms. The van der Waals surface area contributed by atoms with Crippen molar-refractivity contribution < 1.29 is 27.1 Å². The number of halogens is 5. The first-order valence-electron chi connectivity index (χ1n) is 5.17. The Labute approximate surface area is 111 Å². The maximum absolute atomic E-state index is 13.6. The van der Waals surface area contributed by atoms with E-state index in [1.807, 2.05) is 0 Å². The van der Waals surface area contributed by atoms with Crippen LogP contribution in [0.1, 0.15) is 18.5 Å². The van der Waals surface area contributed by atoms with Gasteiger partial charge in [-0.25, -0.2) is 13.6 Å². The van der Waals surface area contributed by atoms with Gasteiger partial charge in [-0.3, -0.25) is 0 Å². The number of carbonyl (C=O) groups is 1. The second kappa shape index (κ2) is 5.75. The molecule has 2 N–H and O–H groups in total. The van der Waals surface area contributed by atoms with Crippen molar-refractivity contribution in [2.75, 3.05) is 6.61 Å². The molecule has 0 fully saturated rings. The minimum atomic E-state index is -4.23. The lowest BCUT2D eigenvalue weighted by Gasteiger charge is -2.23. The third-order valence-electron chi connectivity index (χ3n) is 2.33. The minimum Gasteiger partial charge on any atom is -0.462 e. The summed E-state index contributed by atoms with van der Waals surface area (Å²) in [7, 11) is 0. The van der Waals surface area contributed by atoms with Crippen LogP contribution < -0.4 is 5.73 Å². The molecular weight excluding hydrogens is 290 g/mol. The van der Waals surface area contributed by atoms with E-state index in [1.54, 1.807) is 0 Å². The van der Waals surface area contributed by atoms with Crippen LogP contribution in [0.5, 0.6) is 0 Å². The second-order valence-electron chi connectivity index (χ2n) is 3.58. The van der Waals surface area contributed by atoms with Crippen LogP contribution in [0.15, 0.2) is 12.1 Å². The van der Waals surface area contributed by atoms with Crippen LogP contribution in [-0.4, -0.2) is 18.5 Å². The summed E-state index contributed by atoms with van der Waals surface area (Å²) < 4.78 is 58.0. The molecule has 106 valence electrons. The van der Waals surface area contributed by atoms with E-state index >= 15 is 0 Å². The van der Waals surface area contributed by atoms with Crippen molar-refractivity contribution in [3.63, 3.8) is 0 Å². The van der Waals surface area contributed by atoms with Gasteiger partial charge in [-0.1, -0.05) is 11.6 Å². The molecular formula is C11H10ClF4NO2. The number of ether oxygens (including phenoxy) is 1. The highest BCUT2D eigenvalue weighted by Crippen LogP contribution is 2.36. The Morgan fingerprint density at radius 2 is 1.95 bits per heavy atom. The molecule has 1 aromatic carbocycles. The van der Waals surface area contributed by atoms with E-state index in [9.17, 15) is 22.4 Å². The monoisotopic (exact) mass is 299 g/mol. The van der Waals surface area contributed by atoms with Crippen molar-refractivity contribution in [1.29, 1.82) is 0 Å². The number of benzene rings is 1. The van der Waals surface area contributed by atoms with Crippen molar-refractivity contribution in [3.05, 3.63) is 34.4 Å². The molecule has 1 rings (SSSR count). The molecule has 19 heavy (non-hydrogen) atoms. The van der Waals surface area contributed by atoms with E-state index in [4.69, 9.17) is 17.3 Å². The van der Waals surface area contributed by atoms with Gasteiger partial charge in [0, 0.05) is 5.56 Å². The van der Waals surface area contributed by atoms with E-state index in [0.29, 0.717) is 12.1 Å². The summed E-state index contributed by atoms with van der Waals surface area (Å²) in [5, 5.41) is -0.892. The zero-order valence-corrected chi connectivity index (χ0v) is 10.5. The molecule has 0 heterocycles. The number of carbonyl (C=O) groups excluding carboxylic acids is 1. The predicted octanol–water partition coefficient (Wildman–Crippen LogP) is 2.82. The first kappa shape index (κ1) is 15.7. The molecule has 3 nitrogen and oxygen atoms in total. The zero-order chi connectivity index (χ0) is 14.8. The molecule has 0 aliphatic heterocycles. The van der Waals surface area contributed by atoms with Gasteiger partial charge in [-0.2, -0.15) is 8.78 Å². The van der Waals surface area contributed by atoms with Crippen LogP contribution in [0.25, 0.3) is 0 Å². The van der Waals surface area contributed by atoms with Gasteiger partial charge < -0.3 is 10.5 Å². The highest BCUT2D eigenvalue weighted by molar-refractivity contribution is 6.31. The van der Waals surface area contributed by atoms with Gasteiger partial charge in [0.1, 0.15) is 17.7 Å². The molecule has 1 aromatic rings. The van der Waals surface area contributed by atoms with Crippen LogP contribution in [0, 0.1) is 11.6 Å². The van der Waals surface area contributed by atoms with Crippen LogP contribution in [0.2, 0.25) is 5.02 Å². The smallest absolute Gasteiger partial charge is 0.379 e. The Bertz CT molecular complexity index is 496. The van der Waals surface area contributed by atoms with E-state index in [2.05, 4.69) is 4.74 Å². The normalized spacial score (nSPS) is 13.2. The number of rotatable bonds is 4. The Morgan fingerprint density at radius 3 is 2.47 bits per heavy atom. The van der Waals surface area contributed by atoms with Crippen LogP contribution >= 0.6 is 11.6 Å². The number of hydrogen-bond acceptors (Lipinski definition) is 3. The largest absolute Gasteiger partial charge is 0.462 e. The fourth-order valence-electron chi connectivity index (χ4n) is 1.36. The van der Waals surface area contributed by atoms with E-state index in [0.717, 1.165) is 0 Å². The van der Waals surface area contributed by atoms with Gasteiger partial charge in [0.2, 0.25) is 0 Å². The van der Waals surface area contributed by atoms with Crippen molar-refractivity contribution in [1.82, 2.24) is 0 Å². The average molecular weight is 300 g/mol. The lowest BCUT2D eigenvalue weighted by molar-refractivity contribution is -0.174. The molecule has 0 saturated heterocycles. The summed E-state index contributed by atoms with van der Waals surface area (Å²) in [6.45, 7) is 1.01. The third-order valence-corrected chi connectivity index (χ3v) is 2.71. The van der Waals surface area contributed by atoms with Gasteiger partial charge in [0.15, 0.2) is 0 Å². The molecule has 0 spiro atoms. The van der Waals surface area contributed by atoms with Crippen molar-refractivity contribution in [3.8, 4) is 0 Å². The Balaban J connectivity index is 3.23. The number of esters is 1. The second-order valence-corrected chi connectivity index (χ2v) is 3.96. The Hall–Kier alpha value is -1.34. The van der Waals surface area contributed by atoms with Crippen LogP contribution in [0.3, 0.4) is 0 Å². The molecule has 0 aliphatic carbocycles. The number of alkyl halides is 2. The van der Waals surface area contributed by atoms with E-state index < -0.39 is 40.2 Å². The lowest BCUT2D eigenvalue weighted by Crippen LogP contribution is -2.42. The Morgan fingerprint density at radius 1 is 1.42 bits per heavy atom. The summed E-state index contributed by atoms with van der Waals surface area (Å²) in [4.78, 5) is 11.1. The topological polar surface area (TPSA) is 52.3 Å². The SMILES string of the molecule is CCOC(=O)C(F)(F)[C@H](N)c1c(F)ccc(F)c1Cl. The first-order valence-corrected chi connectivity index (χ1v) is 5.55. The molecule has 0 saturated carbocycles. The van der Waals surface area contributed by atoms with Crippen LogP contribution in [-0.2, 0) is 9.53 Å². The maximum Gasteiger partial charge on any atom is 0.379 e. The summed E-state index contributed by atoms with van der Waals surface area (Å²) in [6, 6.07) is -1.19.